The van der Waals surface area contributed by atoms with E-state index in [1.165, 1.54) is 0 Å². The molecule has 1 aromatic carbocycles. The van der Waals surface area contributed by atoms with Crippen LogP contribution in [0.25, 0.3) is 0 Å². The van der Waals surface area contributed by atoms with E-state index in [2.05, 4.69) is 27.8 Å². The number of halogens is 2. The van der Waals surface area contributed by atoms with Gasteiger partial charge in [-0.3, -0.25) is 4.90 Å². The topological polar surface area (TPSA) is 60.5 Å². The fourth-order valence-electron chi connectivity index (χ4n) is 4.85. The van der Waals surface area contributed by atoms with Crippen molar-refractivity contribution in [1.29, 1.82) is 0 Å². The zero-order valence-corrected chi connectivity index (χ0v) is 22.2. The van der Waals surface area contributed by atoms with E-state index < -0.39 is 11.1 Å². The summed E-state index contributed by atoms with van der Waals surface area (Å²) in [5.41, 5.74) is -0.125. The lowest BCUT2D eigenvalue weighted by Gasteiger charge is -2.37. The highest BCUT2D eigenvalue weighted by atomic mass is 79.9. The van der Waals surface area contributed by atoms with Gasteiger partial charge in [0.15, 0.2) is 6.29 Å². The molecule has 0 aromatic heterocycles. The molecule has 1 amide bonds. The molecule has 3 aliphatic rings. The molecule has 3 heterocycles. The van der Waals surface area contributed by atoms with E-state index in [0.717, 1.165) is 54.7 Å². The van der Waals surface area contributed by atoms with Crippen LogP contribution in [0.3, 0.4) is 0 Å². The minimum Gasteiger partial charge on any atom is -0.489 e. The number of nitrogens with zero attached hydrogens (tertiary/aromatic N) is 2. The summed E-state index contributed by atoms with van der Waals surface area (Å²) in [6.07, 6.45) is 3.27. The highest BCUT2D eigenvalue weighted by molar-refractivity contribution is 9.10. The number of carbonyl (C=O) groups excluding carboxylic acids is 1. The van der Waals surface area contributed by atoms with E-state index in [9.17, 15) is 4.79 Å². The highest BCUT2D eigenvalue weighted by Gasteiger charge is 2.49. The summed E-state index contributed by atoms with van der Waals surface area (Å²) in [4.78, 5) is 17.4. The third-order valence-electron chi connectivity index (χ3n) is 6.36. The Labute approximate surface area is 209 Å². The maximum absolute atomic E-state index is 13.3. The summed E-state index contributed by atoms with van der Waals surface area (Å²) in [6, 6.07) is 3.81. The smallest absolute Gasteiger partial charge is 0.410 e. The number of ether oxygens (including phenoxy) is 4. The number of likely N-dealkylation sites (tertiary alicyclic amines) is 1. The molecule has 0 spiro atoms. The monoisotopic (exact) mass is 544 g/mol. The zero-order chi connectivity index (χ0) is 23.8. The van der Waals surface area contributed by atoms with Crippen molar-refractivity contribution in [2.75, 3.05) is 37.8 Å². The summed E-state index contributed by atoms with van der Waals surface area (Å²) < 4.78 is 24.5. The minimum atomic E-state index is -0.575. The first kappa shape index (κ1) is 24.9. The van der Waals surface area contributed by atoms with Crippen molar-refractivity contribution >= 4 is 39.3 Å². The van der Waals surface area contributed by atoms with Gasteiger partial charge >= 0.3 is 6.09 Å². The van der Waals surface area contributed by atoms with Gasteiger partial charge in [-0.15, -0.1) is 0 Å². The average Bonchev–Trinajstić information content (AvgIpc) is 3.09. The largest absolute Gasteiger partial charge is 0.489 e. The maximum Gasteiger partial charge on any atom is 0.410 e. The Hall–Kier alpha value is -1.22. The van der Waals surface area contributed by atoms with E-state index >= 15 is 0 Å². The van der Waals surface area contributed by atoms with Crippen molar-refractivity contribution in [2.24, 2.45) is 0 Å². The van der Waals surface area contributed by atoms with E-state index in [1.54, 1.807) is 0 Å². The molecule has 0 aliphatic carbocycles. The molecule has 2 fully saturated rings. The summed E-state index contributed by atoms with van der Waals surface area (Å²) in [5, 5.41) is 0.620. The van der Waals surface area contributed by atoms with Crippen LogP contribution in [0.5, 0.6) is 5.75 Å². The maximum atomic E-state index is 13.3. The van der Waals surface area contributed by atoms with Gasteiger partial charge in [0, 0.05) is 34.8 Å². The minimum absolute atomic E-state index is 0.0820. The molecule has 4 rings (SSSR count). The second-order valence-corrected chi connectivity index (χ2v) is 11.6. The number of hydrogen-bond donors (Lipinski definition) is 0. The normalized spacial score (nSPS) is 27.8. The molecule has 0 bridgehead atoms. The Morgan fingerprint density at radius 3 is 2.79 bits per heavy atom. The quantitative estimate of drug-likeness (QED) is 0.490. The van der Waals surface area contributed by atoms with Gasteiger partial charge in [0.1, 0.15) is 18.0 Å². The van der Waals surface area contributed by atoms with Crippen molar-refractivity contribution in [3.05, 3.63) is 21.6 Å². The predicted molar refractivity (Wildman–Crippen MR) is 131 cm³/mol. The van der Waals surface area contributed by atoms with E-state index in [1.807, 2.05) is 37.8 Å². The molecule has 3 aliphatic heterocycles. The molecule has 184 valence electrons. The standard InChI is InChI=1S/C24H34BrClN2O5/c1-23(2,3)33-22(29)28-14-17(13-24(28,4)15-32-20-7-5-6-9-31-20)27-8-10-30-19-12-16(26)11-18(25)21(19)27/h11-12,17,20H,5-10,13-15H2,1-4H3. The SMILES string of the molecule is CC(C)(C)OC(=O)N1CC(N2CCOc3cc(Cl)cc(Br)c32)CC1(C)COC1CCCCO1. The molecular weight excluding hydrogens is 512 g/mol. The second kappa shape index (κ2) is 9.80. The molecule has 3 unspecified atom stereocenters. The van der Waals surface area contributed by atoms with Crippen molar-refractivity contribution in [3.8, 4) is 5.75 Å². The third-order valence-corrected chi connectivity index (χ3v) is 7.19. The van der Waals surface area contributed by atoms with Crippen LogP contribution in [0, 0.1) is 0 Å². The summed E-state index contributed by atoms with van der Waals surface area (Å²) in [6.45, 7) is 10.7. The van der Waals surface area contributed by atoms with Crippen LogP contribution < -0.4 is 9.64 Å². The fraction of sp³-hybridized carbons (Fsp3) is 0.708. The van der Waals surface area contributed by atoms with Crippen molar-refractivity contribution in [2.45, 2.75) is 76.9 Å². The van der Waals surface area contributed by atoms with Gasteiger partial charge in [0.2, 0.25) is 0 Å². The Kier molecular flexibility index (Phi) is 7.39. The number of amides is 1. The number of rotatable bonds is 4. The van der Waals surface area contributed by atoms with Crippen LogP contribution in [0.2, 0.25) is 5.02 Å². The molecule has 2 saturated heterocycles. The fourth-order valence-corrected chi connectivity index (χ4v) is 5.86. The van der Waals surface area contributed by atoms with Gasteiger partial charge in [-0.2, -0.15) is 0 Å². The third kappa shape index (κ3) is 5.72. The van der Waals surface area contributed by atoms with Crippen LogP contribution in [-0.4, -0.2) is 67.4 Å². The number of hydrogen-bond acceptors (Lipinski definition) is 6. The first-order chi connectivity index (χ1) is 15.6. The molecule has 0 radical (unpaired) electrons. The summed E-state index contributed by atoms with van der Waals surface area (Å²) in [7, 11) is 0. The first-order valence-corrected chi connectivity index (χ1v) is 12.9. The first-order valence-electron chi connectivity index (χ1n) is 11.7. The van der Waals surface area contributed by atoms with Gasteiger partial charge in [-0.25, -0.2) is 4.79 Å². The molecule has 1 aromatic rings. The average molecular weight is 546 g/mol. The van der Waals surface area contributed by atoms with E-state index in [-0.39, 0.29) is 18.4 Å². The van der Waals surface area contributed by atoms with Gasteiger partial charge in [-0.05, 0) is 75.4 Å². The Balaban J connectivity index is 1.58. The summed E-state index contributed by atoms with van der Waals surface area (Å²) >= 11 is 9.91. The van der Waals surface area contributed by atoms with Crippen LogP contribution in [0.1, 0.15) is 53.4 Å². The molecule has 0 saturated carbocycles. The zero-order valence-electron chi connectivity index (χ0n) is 19.9. The molecular formula is C24H34BrClN2O5. The van der Waals surface area contributed by atoms with Crippen molar-refractivity contribution in [3.63, 3.8) is 0 Å². The number of anilines is 1. The van der Waals surface area contributed by atoms with E-state index in [0.29, 0.717) is 24.8 Å². The van der Waals surface area contributed by atoms with Crippen molar-refractivity contribution in [1.82, 2.24) is 4.90 Å². The molecule has 3 atom stereocenters. The second-order valence-electron chi connectivity index (χ2n) is 10.3. The lowest BCUT2D eigenvalue weighted by molar-refractivity contribution is -0.177. The lowest BCUT2D eigenvalue weighted by Crippen LogP contribution is -2.50. The number of fused-ring (bicyclic) bond motifs is 1. The Morgan fingerprint density at radius 1 is 1.30 bits per heavy atom. The number of carbonyl (C=O) groups is 1. The van der Waals surface area contributed by atoms with E-state index in [4.69, 9.17) is 30.5 Å². The molecule has 33 heavy (non-hydrogen) atoms. The Morgan fingerprint density at radius 2 is 2.09 bits per heavy atom. The van der Waals surface area contributed by atoms with Crippen molar-refractivity contribution < 1.29 is 23.7 Å². The van der Waals surface area contributed by atoms with Gasteiger partial charge < -0.3 is 23.8 Å². The predicted octanol–water partition coefficient (Wildman–Crippen LogP) is 5.61. The number of benzene rings is 1. The van der Waals surface area contributed by atoms with Gasteiger partial charge in [0.05, 0.1) is 24.4 Å². The highest BCUT2D eigenvalue weighted by Crippen LogP contribution is 2.45. The van der Waals surface area contributed by atoms with Crippen LogP contribution >= 0.6 is 27.5 Å². The van der Waals surface area contributed by atoms with Gasteiger partial charge in [-0.1, -0.05) is 11.6 Å². The van der Waals surface area contributed by atoms with Crippen LogP contribution in [-0.2, 0) is 14.2 Å². The van der Waals surface area contributed by atoms with Crippen LogP contribution in [0.15, 0.2) is 16.6 Å². The Bertz CT molecular complexity index is 873. The molecule has 0 N–H and O–H groups in total. The molecule has 9 heteroatoms. The molecule has 7 nitrogen and oxygen atoms in total. The lowest BCUT2D eigenvalue weighted by atomic mass is 9.97. The summed E-state index contributed by atoms with van der Waals surface area (Å²) in [5.74, 6) is 0.755. The van der Waals surface area contributed by atoms with Crippen LogP contribution in [0.4, 0.5) is 10.5 Å². The van der Waals surface area contributed by atoms with Gasteiger partial charge in [0.25, 0.3) is 0 Å².